The number of aliphatic hydroxyl groups is 1. The molecule has 0 spiro atoms. The molecule has 0 aliphatic rings. The minimum Gasteiger partial charge on any atom is -0.383 e. The third kappa shape index (κ3) is 3.36. The first-order chi connectivity index (χ1) is 2.94. The van der Waals surface area contributed by atoms with Crippen molar-refractivity contribution in [1.82, 2.24) is 0 Å². The van der Waals surface area contributed by atoms with Gasteiger partial charge in [0.2, 0.25) is 0 Å². The van der Waals surface area contributed by atoms with Crippen LogP contribution in [0.25, 0.3) is 0 Å². The molecule has 0 aliphatic heterocycles. The molecule has 0 aliphatic carbocycles. The van der Waals surface area contributed by atoms with E-state index in [1.807, 2.05) is 0 Å². The fourth-order valence-corrected chi connectivity index (χ4v) is 0. The minimum atomic E-state index is -3.24. The van der Waals surface area contributed by atoms with Gasteiger partial charge >= 0.3 is 0 Å². The van der Waals surface area contributed by atoms with Gasteiger partial charge in [0.05, 0.1) is 0 Å². The van der Waals surface area contributed by atoms with E-state index in [0.29, 0.717) is 0 Å². The van der Waals surface area contributed by atoms with Gasteiger partial charge in [-0.15, -0.1) is 0 Å². The standard InChI is InChI=1S/C2H5Cl2O2P/c1-2(5)7(3,4)6/h2,5H,1H3. The molecule has 7 heavy (non-hydrogen) atoms. The fourth-order valence-electron chi connectivity index (χ4n) is 0. The summed E-state index contributed by atoms with van der Waals surface area (Å²) >= 11 is 9.88. The van der Waals surface area contributed by atoms with Gasteiger partial charge in [-0.05, 0) is 29.4 Å². The van der Waals surface area contributed by atoms with Crippen LogP contribution < -0.4 is 0 Å². The number of aliphatic hydroxyl groups excluding tert-OH is 1. The quantitative estimate of drug-likeness (QED) is 0.600. The van der Waals surface area contributed by atoms with Crippen LogP contribution in [-0.2, 0) is 4.57 Å². The lowest BCUT2D eigenvalue weighted by molar-refractivity contribution is 0.273. The number of rotatable bonds is 1. The Bertz CT molecular complexity index is 95.9. The van der Waals surface area contributed by atoms with Crippen LogP contribution in [0.3, 0.4) is 0 Å². The molecular weight excluding hydrogens is 158 g/mol. The van der Waals surface area contributed by atoms with Crippen LogP contribution in [0, 0.1) is 0 Å². The second kappa shape index (κ2) is 2.36. The Balaban J connectivity index is 3.80. The van der Waals surface area contributed by atoms with Gasteiger partial charge < -0.3 is 5.11 Å². The Morgan fingerprint density at radius 2 is 1.86 bits per heavy atom. The molecular formula is C2H5Cl2O2P. The topological polar surface area (TPSA) is 37.3 Å². The molecule has 0 aromatic heterocycles. The Labute approximate surface area is 51.4 Å². The summed E-state index contributed by atoms with van der Waals surface area (Å²) in [4.78, 5) is 0. The van der Waals surface area contributed by atoms with Crippen LogP contribution in [0.15, 0.2) is 0 Å². The normalized spacial score (nSPS) is 16.6. The molecule has 5 heteroatoms. The maximum absolute atomic E-state index is 10.2. The Hall–Kier alpha value is 0.770. The highest BCUT2D eigenvalue weighted by molar-refractivity contribution is 8.08. The summed E-state index contributed by atoms with van der Waals surface area (Å²) in [5.74, 6) is -4.35. The van der Waals surface area contributed by atoms with Gasteiger partial charge in [-0.3, -0.25) is 4.57 Å². The molecule has 2 nitrogen and oxygen atoms in total. The van der Waals surface area contributed by atoms with Crippen molar-refractivity contribution in [2.75, 3.05) is 0 Å². The maximum atomic E-state index is 10.2. The zero-order chi connectivity index (χ0) is 6.08. The molecule has 44 valence electrons. The van der Waals surface area contributed by atoms with Gasteiger partial charge in [-0.1, -0.05) is 0 Å². The van der Waals surface area contributed by atoms with Crippen LogP contribution in [0.4, 0.5) is 0 Å². The molecule has 0 amide bonds. The monoisotopic (exact) mass is 162 g/mol. The highest BCUT2D eigenvalue weighted by Crippen LogP contribution is 2.59. The van der Waals surface area contributed by atoms with Crippen molar-refractivity contribution in [3.05, 3.63) is 0 Å². The van der Waals surface area contributed by atoms with Crippen LogP contribution >= 0.6 is 28.3 Å². The molecule has 1 unspecified atom stereocenters. The average molecular weight is 163 g/mol. The second-order valence-electron chi connectivity index (χ2n) is 1.13. The van der Waals surface area contributed by atoms with E-state index in [1.165, 1.54) is 6.92 Å². The van der Waals surface area contributed by atoms with Gasteiger partial charge in [0.15, 0.2) is 0 Å². The molecule has 0 heterocycles. The molecule has 0 saturated carbocycles. The third-order valence-corrected chi connectivity index (χ3v) is 3.00. The smallest absolute Gasteiger partial charge is 0.280 e. The van der Waals surface area contributed by atoms with Gasteiger partial charge in [-0.2, -0.15) is 0 Å². The van der Waals surface area contributed by atoms with Gasteiger partial charge in [-0.25, -0.2) is 0 Å². The fraction of sp³-hybridized carbons (Fsp3) is 1.00. The van der Waals surface area contributed by atoms with Crippen molar-refractivity contribution < 1.29 is 9.67 Å². The molecule has 1 atom stereocenters. The molecule has 0 rings (SSSR count). The largest absolute Gasteiger partial charge is 0.383 e. The summed E-state index contributed by atoms with van der Waals surface area (Å²) in [7, 11) is 0. The Kier molecular flexibility index (Phi) is 2.62. The van der Waals surface area contributed by atoms with Crippen LogP contribution in [0.1, 0.15) is 6.92 Å². The summed E-state index contributed by atoms with van der Waals surface area (Å²) in [6.45, 7) is 1.28. The third-order valence-electron chi connectivity index (χ3n) is 0.435. The van der Waals surface area contributed by atoms with E-state index >= 15 is 0 Å². The van der Waals surface area contributed by atoms with Crippen molar-refractivity contribution in [3.8, 4) is 0 Å². The lowest BCUT2D eigenvalue weighted by Gasteiger charge is -2.01. The molecule has 1 N–H and O–H groups in total. The number of halogens is 2. The molecule has 0 bridgehead atoms. The molecule has 0 radical (unpaired) electrons. The summed E-state index contributed by atoms with van der Waals surface area (Å²) in [6, 6.07) is 0. The van der Waals surface area contributed by atoms with Gasteiger partial charge in [0.1, 0.15) is 5.85 Å². The number of hydrogen-bond donors (Lipinski definition) is 1. The molecule has 0 aromatic carbocycles. The van der Waals surface area contributed by atoms with Crippen molar-refractivity contribution >= 4 is 28.3 Å². The van der Waals surface area contributed by atoms with Crippen LogP contribution in [0.5, 0.6) is 0 Å². The SMILES string of the molecule is CC(O)P(=O)(Cl)Cl. The van der Waals surface area contributed by atoms with E-state index in [-0.39, 0.29) is 0 Å². The van der Waals surface area contributed by atoms with Crippen molar-refractivity contribution in [2.24, 2.45) is 0 Å². The summed E-state index contributed by atoms with van der Waals surface area (Å²) in [5.41, 5.74) is 0. The number of hydrogen-bond acceptors (Lipinski definition) is 2. The maximum Gasteiger partial charge on any atom is 0.280 e. The molecule has 0 fully saturated rings. The second-order valence-corrected chi connectivity index (χ2v) is 6.42. The average Bonchev–Trinajstić information content (AvgIpc) is 1.31. The molecule has 0 aromatic rings. The van der Waals surface area contributed by atoms with Crippen molar-refractivity contribution in [2.45, 2.75) is 12.8 Å². The Morgan fingerprint density at radius 1 is 1.71 bits per heavy atom. The van der Waals surface area contributed by atoms with E-state index in [0.717, 1.165) is 0 Å². The summed E-state index contributed by atoms with van der Waals surface area (Å²) in [6.07, 6.45) is 0. The first-order valence-electron chi connectivity index (χ1n) is 1.61. The molecule has 0 saturated heterocycles. The van der Waals surface area contributed by atoms with Crippen molar-refractivity contribution in [3.63, 3.8) is 0 Å². The van der Waals surface area contributed by atoms with Crippen LogP contribution in [-0.4, -0.2) is 11.0 Å². The van der Waals surface area contributed by atoms with E-state index in [9.17, 15) is 4.57 Å². The highest BCUT2D eigenvalue weighted by Gasteiger charge is 2.20. The van der Waals surface area contributed by atoms with E-state index in [1.54, 1.807) is 0 Å². The van der Waals surface area contributed by atoms with E-state index < -0.39 is 11.7 Å². The van der Waals surface area contributed by atoms with E-state index in [2.05, 4.69) is 0 Å². The Morgan fingerprint density at radius 3 is 1.86 bits per heavy atom. The van der Waals surface area contributed by atoms with Gasteiger partial charge in [0.25, 0.3) is 5.85 Å². The summed E-state index contributed by atoms with van der Waals surface area (Å²) in [5, 5.41) is 8.36. The lowest BCUT2D eigenvalue weighted by Crippen LogP contribution is -1.90. The van der Waals surface area contributed by atoms with Gasteiger partial charge in [0, 0.05) is 0 Å². The zero-order valence-electron chi connectivity index (χ0n) is 3.64. The van der Waals surface area contributed by atoms with Crippen LogP contribution in [0.2, 0.25) is 0 Å². The highest BCUT2D eigenvalue weighted by atomic mass is 35.9. The van der Waals surface area contributed by atoms with Crippen molar-refractivity contribution in [1.29, 1.82) is 0 Å². The predicted molar refractivity (Wildman–Crippen MR) is 31.0 cm³/mol. The first-order valence-corrected chi connectivity index (χ1v) is 5.20. The van der Waals surface area contributed by atoms with E-state index in [4.69, 9.17) is 27.6 Å². The minimum absolute atomic E-state index is 1.11. The summed E-state index contributed by atoms with van der Waals surface area (Å²) < 4.78 is 10.2. The predicted octanol–water partition coefficient (Wildman–Crippen LogP) is 2.00. The zero-order valence-corrected chi connectivity index (χ0v) is 6.04. The first kappa shape index (κ1) is 7.77. The lowest BCUT2D eigenvalue weighted by atomic mass is 10.9.